The molecule has 4 aromatic rings. The Morgan fingerprint density at radius 2 is 1.52 bits per heavy atom. The van der Waals surface area contributed by atoms with Crippen molar-refractivity contribution in [2.24, 2.45) is 0 Å². The molecule has 1 atom stereocenters. The Hall–Kier alpha value is -4.92. The molecule has 1 N–H and O–H groups in total. The molecule has 3 aromatic carbocycles. The summed E-state index contributed by atoms with van der Waals surface area (Å²) in [7, 11) is 0. The molecule has 0 spiro atoms. The lowest BCUT2D eigenvalue weighted by molar-refractivity contribution is -0.154. The molecule has 0 aliphatic heterocycles. The first-order valence-electron chi connectivity index (χ1n) is 13.7. The topological polar surface area (TPSA) is 115 Å². The molecule has 218 valence electrons. The van der Waals surface area contributed by atoms with E-state index in [2.05, 4.69) is 5.32 Å². The number of nitrogens with one attached hydrogen (secondary N) is 1. The quantitative estimate of drug-likeness (QED) is 0.205. The van der Waals surface area contributed by atoms with Gasteiger partial charge in [-0.25, -0.2) is 9.59 Å². The summed E-state index contributed by atoms with van der Waals surface area (Å²) in [5.74, 6) is -2.00. The summed E-state index contributed by atoms with van der Waals surface area (Å²) < 4.78 is 16.2. The maximum Gasteiger partial charge on any atom is 0.353 e. The van der Waals surface area contributed by atoms with Gasteiger partial charge in [-0.1, -0.05) is 72.8 Å². The van der Waals surface area contributed by atoms with E-state index in [1.165, 1.54) is 0 Å². The second kappa shape index (κ2) is 13.2. The van der Waals surface area contributed by atoms with Crippen LogP contribution in [0.4, 0.5) is 5.69 Å². The van der Waals surface area contributed by atoms with Crippen molar-refractivity contribution in [3.63, 3.8) is 0 Å². The van der Waals surface area contributed by atoms with Crippen molar-refractivity contribution in [3.05, 3.63) is 112 Å². The van der Waals surface area contributed by atoms with E-state index in [1.807, 2.05) is 36.4 Å². The van der Waals surface area contributed by atoms with Crippen LogP contribution in [0.2, 0.25) is 0 Å². The van der Waals surface area contributed by atoms with Crippen LogP contribution >= 0.6 is 0 Å². The molecule has 0 aliphatic carbocycles. The average molecular weight is 571 g/mol. The summed E-state index contributed by atoms with van der Waals surface area (Å²) in [6.07, 6.45) is 0. The van der Waals surface area contributed by atoms with E-state index in [1.54, 1.807) is 81.1 Å². The molecule has 0 radical (unpaired) electrons. The van der Waals surface area contributed by atoms with E-state index in [0.717, 1.165) is 5.56 Å². The van der Waals surface area contributed by atoms with Gasteiger partial charge < -0.3 is 24.1 Å². The Bertz CT molecular complexity index is 1610. The van der Waals surface area contributed by atoms with Gasteiger partial charge in [-0.2, -0.15) is 0 Å². The smallest absolute Gasteiger partial charge is 0.353 e. The molecule has 1 heterocycles. The average Bonchev–Trinajstić information content (AvgIpc) is 2.95. The SMILES string of the molecule is CCOC(=O)c1c(N(Cc2ccccc2)C(C(=O)NCC(=O)OC(C)(C)C)c2ccccc2)c2ccccc2oc1=O. The second-order valence-electron chi connectivity index (χ2n) is 10.6. The number of hydrogen-bond donors (Lipinski definition) is 1. The van der Waals surface area contributed by atoms with Crippen LogP contribution in [0.5, 0.6) is 0 Å². The molecule has 1 aromatic heterocycles. The zero-order valence-corrected chi connectivity index (χ0v) is 24.1. The van der Waals surface area contributed by atoms with Crippen molar-refractivity contribution in [1.82, 2.24) is 5.32 Å². The highest BCUT2D eigenvalue weighted by Gasteiger charge is 2.35. The number of hydrogen-bond acceptors (Lipinski definition) is 8. The standard InChI is InChI=1S/C33H34N2O7/c1-5-40-31(38)27-29(24-18-12-13-19-25(24)41-32(27)39)35(21-22-14-8-6-9-15-22)28(23-16-10-7-11-17-23)30(37)34-20-26(36)42-33(2,3)4/h6-19,28H,5,20-21H2,1-4H3,(H,34,37). The number of rotatable bonds is 10. The number of esters is 2. The summed E-state index contributed by atoms with van der Waals surface area (Å²) in [5.41, 5.74) is -0.137. The largest absolute Gasteiger partial charge is 0.462 e. The first-order chi connectivity index (χ1) is 20.1. The van der Waals surface area contributed by atoms with Crippen molar-refractivity contribution in [2.45, 2.75) is 45.9 Å². The highest BCUT2D eigenvalue weighted by Crippen LogP contribution is 2.37. The third kappa shape index (κ3) is 7.23. The van der Waals surface area contributed by atoms with Crippen LogP contribution in [0.25, 0.3) is 11.0 Å². The Morgan fingerprint density at radius 1 is 0.905 bits per heavy atom. The molecule has 0 fully saturated rings. The highest BCUT2D eigenvalue weighted by molar-refractivity contribution is 6.06. The fourth-order valence-corrected chi connectivity index (χ4v) is 4.64. The van der Waals surface area contributed by atoms with Crippen LogP contribution in [-0.4, -0.2) is 36.6 Å². The molecule has 4 rings (SSSR count). The summed E-state index contributed by atoms with van der Waals surface area (Å²) >= 11 is 0. The van der Waals surface area contributed by atoms with Crippen LogP contribution in [-0.2, 0) is 25.6 Å². The Balaban J connectivity index is 1.94. The molecule has 9 heteroatoms. The van der Waals surface area contributed by atoms with Crippen LogP contribution in [0, 0.1) is 0 Å². The fourth-order valence-electron chi connectivity index (χ4n) is 4.64. The fraction of sp³-hybridized carbons (Fsp3) is 0.273. The zero-order valence-electron chi connectivity index (χ0n) is 24.1. The lowest BCUT2D eigenvalue weighted by Gasteiger charge is -2.34. The van der Waals surface area contributed by atoms with Crippen molar-refractivity contribution >= 4 is 34.5 Å². The lowest BCUT2D eigenvalue weighted by Crippen LogP contribution is -2.44. The first-order valence-corrected chi connectivity index (χ1v) is 13.7. The third-order valence-corrected chi connectivity index (χ3v) is 6.25. The van der Waals surface area contributed by atoms with E-state index in [4.69, 9.17) is 13.9 Å². The van der Waals surface area contributed by atoms with Crippen LogP contribution in [0.15, 0.2) is 94.1 Å². The minimum Gasteiger partial charge on any atom is -0.462 e. The Kier molecular flexibility index (Phi) is 9.42. The predicted octanol–water partition coefficient (Wildman–Crippen LogP) is 5.18. The van der Waals surface area contributed by atoms with E-state index in [-0.39, 0.29) is 36.5 Å². The lowest BCUT2D eigenvalue weighted by atomic mass is 9.99. The number of ether oxygens (including phenoxy) is 2. The Morgan fingerprint density at radius 3 is 2.17 bits per heavy atom. The monoisotopic (exact) mass is 570 g/mol. The summed E-state index contributed by atoms with van der Waals surface area (Å²) in [6.45, 7) is 6.64. The van der Waals surface area contributed by atoms with Gasteiger partial charge in [-0.3, -0.25) is 9.59 Å². The van der Waals surface area contributed by atoms with Gasteiger partial charge in [0.2, 0.25) is 5.91 Å². The van der Waals surface area contributed by atoms with Crippen LogP contribution in [0.3, 0.4) is 0 Å². The summed E-state index contributed by atoms with van der Waals surface area (Å²) in [6, 6.07) is 24.0. The van der Waals surface area contributed by atoms with Gasteiger partial charge in [0.15, 0.2) is 5.56 Å². The Labute approximate surface area is 244 Å². The number of amides is 1. The minimum absolute atomic E-state index is 0.0295. The molecule has 42 heavy (non-hydrogen) atoms. The normalized spacial score (nSPS) is 11.9. The minimum atomic E-state index is -1.08. The molecule has 0 saturated heterocycles. The van der Waals surface area contributed by atoms with Crippen molar-refractivity contribution < 1.29 is 28.3 Å². The van der Waals surface area contributed by atoms with Crippen molar-refractivity contribution in [2.75, 3.05) is 18.1 Å². The van der Waals surface area contributed by atoms with Gasteiger partial charge in [0.05, 0.1) is 12.3 Å². The van der Waals surface area contributed by atoms with Crippen LogP contribution < -0.4 is 15.8 Å². The molecule has 9 nitrogen and oxygen atoms in total. The van der Waals surface area contributed by atoms with Crippen molar-refractivity contribution in [3.8, 4) is 0 Å². The summed E-state index contributed by atoms with van der Waals surface area (Å²) in [5, 5.41) is 3.14. The van der Waals surface area contributed by atoms with Gasteiger partial charge in [0, 0.05) is 11.9 Å². The molecule has 0 bridgehead atoms. The summed E-state index contributed by atoms with van der Waals surface area (Å²) in [4.78, 5) is 54.9. The number of para-hydroxylation sites is 1. The van der Waals surface area contributed by atoms with Crippen molar-refractivity contribution in [1.29, 1.82) is 0 Å². The number of benzene rings is 3. The number of nitrogens with zero attached hydrogens (tertiary/aromatic N) is 1. The number of fused-ring (bicyclic) bond motifs is 1. The van der Waals surface area contributed by atoms with E-state index in [0.29, 0.717) is 10.9 Å². The van der Waals surface area contributed by atoms with Gasteiger partial charge in [-0.15, -0.1) is 0 Å². The third-order valence-electron chi connectivity index (χ3n) is 6.25. The number of anilines is 1. The maximum absolute atomic E-state index is 14.1. The molecule has 1 unspecified atom stereocenters. The molecular formula is C33H34N2O7. The number of carbonyl (C=O) groups excluding carboxylic acids is 3. The molecular weight excluding hydrogens is 536 g/mol. The van der Waals surface area contributed by atoms with Crippen LogP contribution in [0.1, 0.15) is 55.2 Å². The van der Waals surface area contributed by atoms with Gasteiger partial charge >= 0.3 is 17.6 Å². The van der Waals surface area contributed by atoms with Gasteiger partial charge in [-0.05, 0) is 51.0 Å². The van der Waals surface area contributed by atoms with E-state index in [9.17, 15) is 19.2 Å². The number of carbonyl (C=O) groups is 3. The first kappa shape index (κ1) is 30.0. The molecule has 1 amide bonds. The highest BCUT2D eigenvalue weighted by atomic mass is 16.6. The zero-order chi connectivity index (χ0) is 30.3. The van der Waals surface area contributed by atoms with Gasteiger partial charge in [0.25, 0.3) is 0 Å². The molecule has 0 aliphatic rings. The second-order valence-corrected chi connectivity index (χ2v) is 10.6. The molecule has 0 saturated carbocycles. The van der Waals surface area contributed by atoms with E-state index >= 15 is 0 Å². The predicted molar refractivity (Wildman–Crippen MR) is 159 cm³/mol. The van der Waals surface area contributed by atoms with Gasteiger partial charge in [0.1, 0.15) is 23.8 Å². The van der Waals surface area contributed by atoms with E-state index < -0.39 is 35.1 Å². The maximum atomic E-state index is 14.1.